The van der Waals surface area contributed by atoms with Gasteiger partial charge in [-0.05, 0) is 41.0 Å². The van der Waals surface area contributed by atoms with Gasteiger partial charge in [-0.3, -0.25) is 4.79 Å². The number of aliphatic hydroxyl groups excluding tert-OH is 2. The van der Waals surface area contributed by atoms with Crippen LogP contribution in [-0.2, 0) is 4.79 Å². The normalized spacial score (nSPS) is 17.2. The topological polar surface area (TPSA) is 98.0 Å². The fourth-order valence-corrected chi connectivity index (χ4v) is 2.12. The van der Waals surface area contributed by atoms with E-state index in [4.69, 9.17) is 0 Å². The molecule has 0 atom stereocenters. The molecule has 0 unspecified atom stereocenters. The van der Waals surface area contributed by atoms with Crippen LogP contribution >= 0.6 is 0 Å². The molecule has 0 heterocycles. The first-order chi connectivity index (χ1) is 8.49. The van der Waals surface area contributed by atoms with Crippen LogP contribution in [0.5, 0.6) is 11.5 Å². The molecule has 3 rings (SSSR count). The number of phenols is 2. The Morgan fingerprint density at radius 3 is 2.22 bits per heavy atom. The number of aliphatic hydroxyl groups is 2. The number of aromatic hydroxyl groups is 2. The van der Waals surface area contributed by atoms with Crippen molar-refractivity contribution in [2.75, 3.05) is 0 Å². The van der Waals surface area contributed by atoms with Crippen LogP contribution in [0.3, 0.4) is 0 Å². The first-order valence-corrected chi connectivity index (χ1v) is 5.16. The zero-order valence-corrected chi connectivity index (χ0v) is 9.01. The van der Waals surface area contributed by atoms with E-state index in [1.807, 2.05) is 0 Å². The molecular formula is C13H8O5. The highest BCUT2D eigenvalue weighted by Gasteiger charge is 2.32. The van der Waals surface area contributed by atoms with Crippen molar-refractivity contribution in [3.63, 3.8) is 0 Å². The average molecular weight is 244 g/mol. The minimum Gasteiger partial charge on any atom is -0.504 e. The summed E-state index contributed by atoms with van der Waals surface area (Å²) in [6.07, 6.45) is 2.75. The maximum Gasteiger partial charge on any atom is 0.231 e. The van der Waals surface area contributed by atoms with Crippen molar-refractivity contribution in [1.82, 2.24) is 0 Å². The molecule has 90 valence electrons. The maximum atomic E-state index is 11.8. The highest BCUT2D eigenvalue weighted by molar-refractivity contribution is 6.25. The second-order valence-electron chi connectivity index (χ2n) is 4.11. The molecule has 4 N–H and O–H groups in total. The Labute approximate surface area is 101 Å². The lowest BCUT2D eigenvalue weighted by Gasteiger charge is -2.12. The summed E-state index contributed by atoms with van der Waals surface area (Å²) in [6.45, 7) is 0. The third kappa shape index (κ3) is 1.18. The molecule has 0 saturated heterocycles. The van der Waals surface area contributed by atoms with Crippen molar-refractivity contribution < 1.29 is 25.2 Å². The third-order valence-corrected chi connectivity index (χ3v) is 3.01. The number of fused-ring (bicyclic) bond motifs is 3. The zero-order chi connectivity index (χ0) is 13.0. The number of Topliss-reactive ketones (excluding diaryl/α,β-unsaturated/α-hetero) is 1. The lowest BCUT2D eigenvalue weighted by atomic mass is 9.94. The van der Waals surface area contributed by atoms with Gasteiger partial charge in [-0.15, -0.1) is 0 Å². The van der Waals surface area contributed by atoms with Crippen LogP contribution in [0.4, 0.5) is 0 Å². The second-order valence-corrected chi connectivity index (χ2v) is 4.11. The zero-order valence-electron chi connectivity index (χ0n) is 9.01. The van der Waals surface area contributed by atoms with Crippen molar-refractivity contribution in [1.29, 1.82) is 0 Å². The van der Waals surface area contributed by atoms with E-state index in [2.05, 4.69) is 0 Å². The Morgan fingerprint density at radius 1 is 0.833 bits per heavy atom. The van der Waals surface area contributed by atoms with Gasteiger partial charge in [0.05, 0.1) is 0 Å². The summed E-state index contributed by atoms with van der Waals surface area (Å²) in [5, 5.41) is 37.7. The highest BCUT2D eigenvalue weighted by atomic mass is 16.3. The number of rotatable bonds is 0. The fraction of sp³-hybridized carbons (Fsp3) is 0. The van der Waals surface area contributed by atoms with Gasteiger partial charge in [0.1, 0.15) is 0 Å². The minimum absolute atomic E-state index is 0.227. The molecule has 1 aromatic rings. The Hall–Kier alpha value is -2.69. The molecule has 0 saturated carbocycles. The molecule has 0 fully saturated rings. The van der Waals surface area contributed by atoms with Gasteiger partial charge in [-0.1, -0.05) is 0 Å². The van der Waals surface area contributed by atoms with Crippen LogP contribution in [0.2, 0.25) is 0 Å². The van der Waals surface area contributed by atoms with Crippen LogP contribution < -0.4 is 0 Å². The van der Waals surface area contributed by atoms with Crippen LogP contribution in [0, 0.1) is 0 Å². The monoisotopic (exact) mass is 244 g/mol. The first kappa shape index (κ1) is 10.5. The van der Waals surface area contributed by atoms with E-state index in [1.165, 1.54) is 24.3 Å². The molecular weight excluding hydrogens is 236 g/mol. The van der Waals surface area contributed by atoms with Crippen molar-refractivity contribution in [3.05, 3.63) is 46.4 Å². The molecule has 18 heavy (non-hydrogen) atoms. The molecule has 2 aliphatic rings. The van der Waals surface area contributed by atoms with Crippen molar-refractivity contribution in [2.24, 2.45) is 0 Å². The van der Waals surface area contributed by atoms with Gasteiger partial charge in [0, 0.05) is 5.57 Å². The summed E-state index contributed by atoms with van der Waals surface area (Å²) in [5.41, 5.74) is 1.71. The number of ketones is 1. The van der Waals surface area contributed by atoms with Gasteiger partial charge in [0.15, 0.2) is 17.3 Å². The van der Waals surface area contributed by atoms with Crippen LogP contribution in [0.1, 0.15) is 11.1 Å². The molecule has 5 heteroatoms. The number of benzene rings is 1. The highest BCUT2D eigenvalue weighted by Crippen LogP contribution is 2.43. The molecule has 0 aliphatic heterocycles. The van der Waals surface area contributed by atoms with E-state index < -0.39 is 17.3 Å². The smallest absolute Gasteiger partial charge is 0.231 e. The van der Waals surface area contributed by atoms with Gasteiger partial charge >= 0.3 is 0 Å². The summed E-state index contributed by atoms with van der Waals surface area (Å²) >= 11 is 0. The summed E-state index contributed by atoms with van der Waals surface area (Å²) in [5.74, 6) is -2.49. The Kier molecular flexibility index (Phi) is 1.84. The lowest BCUT2D eigenvalue weighted by molar-refractivity contribution is -0.114. The predicted octanol–water partition coefficient (Wildman–Crippen LogP) is 1.79. The summed E-state index contributed by atoms with van der Waals surface area (Å²) in [4.78, 5) is 11.8. The van der Waals surface area contributed by atoms with E-state index in [0.717, 1.165) is 0 Å². The molecule has 0 radical (unpaired) electrons. The maximum absolute atomic E-state index is 11.8. The Bertz CT molecular complexity index is 692. The number of phenolic OH excluding ortho intramolecular Hbond substituents is 2. The van der Waals surface area contributed by atoms with Crippen LogP contribution in [0.15, 0.2) is 35.3 Å². The summed E-state index contributed by atoms with van der Waals surface area (Å²) in [7, 11) is 0. The standard InChI is InChI=1S/C13H8O5/c14-9-2-5-1-8-7(6(5)3-10(9)15)4-11(16)13(18)12(8)17/h1-4,14-16,18H. The molecule has 1 aromatic carbocycles. The second kappa shape index (κ2) is 3.16. The molecule has 0 amide bonds. The number of carbonyl (C=O) groups is 1. The molecule has 0 spiro atoms. The van der Waals surface area contributed by atoms with Crippen molar-refractivity contribution in [2.45, 2.75) is 0 Å². The Balaban J connectivity index is 2.27. The van der Waals surface area contributed by atoms with Gasteiger partial charge in [0.25, 0.3) is 0 Å². The van der Waals surface area contributed by atoms with Crippen molar-refractivity contribution in [3.8, 4) is 11.5 Å². The molecule has 0 bridgehead atoms. The molecule has 2 aliphatic carbocycles. The van der Waals surface area contributed by atoms with E-state index in [9.17, 15) is 25.2 Å². The lowest BCUT2D eigenvalue weighted by Crippen LogP contribution is -2.12. The third-order valence-electron chi connectivity index (χ3n) is 3.01. The Morgan fingerprint density at radius 2 is 1.50 bits per heavy atom. The molecule has 5 nitrogen and oxygen atoms in total. The van der Waals surface area contributed by atoms with Gasteiger partial charge in [-0.2, -0.15) is 0 Å². The molecule has 0 aromatic heterocycles. The number of allylic oxidation sites excluding steroid dienone is 3. The number of hydrogen-bond donors (Lipinski definition) is 4. The first-order valence-electron chi connectivity index (χ1n) is 5.16. The van der Waals surface area contributed by atoms with E-state index in [-0.39, 0.29) is 17.1 Å². The van der Waals surface area contributed by atoms with E-state index in [1.54, 1.807) is 0 Å². The van der Waals surface area contributed by atoms with Gasteiger partial charge in [0.2, 0.25) is 11.5 Å². The van der Waals surface area contributed by atoms with Gasteiger partial charge in [-0.25, -0.2) is 0 Å². The average Bonchev–Trinajstić information content (AvgIpc) is 2.66. The summed E-state index contributed by atoms with van der Waals surface area (Å²) < 4.78 is 0. The van der Waals surface area contributed by atoms with E-state index >= 15 is 0 Å². The van der Waals surface area contributed by atoms with Crippen LogP contribution in [-0.4, -0.2) is 26.2 Å². The number of carbonyl (C=O) groups excluding carboxylic acids is 1. The van der Waals surface area contributed by atoms with Crippen LogP contribution in [0.25, 0.3) is 11.6 Å². The fourth-order valence-electron chi connectivity index (χ4n) is 2.12. The minimum atomic E-state index is -0.703. The summed E-state index contributed by atoms with van der Waals surface area (Å²) in [6, 6.07) is 2.63. The van der Waals surface area contributed by atoms with E-state index in [0.29, 0.717) is 16.7 Å². The van der Waals surface area contributed by atoms with Crippen molar-refractivity contribution >= 4 is 17.4 Å². The quantitative estimate of drug-likeness (QED) is 0.521. The number of hydrogen-bond acceptors (Lipinski definition) is 5. The SMILES string of the molecule is O=C1C2=Cc3cc(O)c(O)cc3C2=CC(O)=C1O. The van der Waals surface area contributed by atoms with Gasteiger partial charge < -0.3 is 20.4 Å². The largest absolute Gasteiger partial charge is 0.504 e. The predicted molar refractivity (Wildman–Crippen MR) is 63.0 cm³/mol.